The number of carbonyl (C=O) groups is 2. The van der Waals surface area contributed by atoms with Crippen molar-refractivity contribution in [1.29, 1.82) is 0 Å². The normalized spacial score (nSPS) is 14.8. The summed E-state index contributed by atoms with van der Waals surface area (Å²) in [5.74, 6) is -0.415. The average molecular weight is 541 g/mol. The van der Waals surface area contributed by atoms with Gasteiger partial charge in [-0.25, -0.2) is 0 Å². The average Bonchev–Trinajstić information content (AvgIpc) is 3.05. The SMILES string of the molecule is Cc1ccc(Sc2ccc(/C=C3\SC(=O)N(Cc4ccccc4Br)C3=O)cc2[N+](=O)[O-])cc1. The van der Waals surface area contributed by atoms with E-state index in [0.717, 1.165) is 32.3 Å². The number of halogens is 1. The summed E-state index contributed by atoms with van der Waals surface area (Å²) in [4.78, 5) is 39.4. The van der Waals surface area contributed by atoms with Gasteiger partial charge in [-0.15, -0.1) is 0 Å². The van der Waals surface area contributed by atoms with Crippen LogP contribution in [0.5, 0.6) is 0 Å². The maximum Gasteiger partial charge on any atom is 0.293 e. The van der Waals surface area contributed by atoms with Gasteiger partial charge in [-0.2, -0.15) is 0 Å². The number of thioether (sulfide) groups is 1. The van der Waals surface area contributed by atoms with E-state index in [9.17, 15) is 19.7 Å². The smallest absolute Gasteiger partial charge is 0.268 e. The number of hydrogen-bond donors (Lipinski definition) is 0. The van der Waals surface area contributed by atoms with Gasteiger partial charge >= 0.3 is 0 Å². The van der Waals surface area contributed by atoms with Crippen molar-refractivity contribution in [2.45, 2.75) is 23.3 Å². The Morgan fingerprint density at radius 3 is 2.52 bits per heavy atom. The summed E-state index contributed by atoms with van der Waals surface area (Å²) in [6, 6.07) is 19.9. The standard InChI is InChI=1S/C24H17BrN2O4S2/c1-15-6-9-18(10-7-15)32-21-11-8-16(12-20(21)27(30)31)13-22-23(28)26(24(29)33-22)14-17-4-2-3-5-19(17)25/h2-13H,14H2,1H3/b22-13-. The summed E-state index contributed by atoms with van der Waals surface area (Å²) >= 11 is 5.57. The topological polar surface area (TPSA) is 80.5 Å². The van der Waals surface area contributed by atoms with Gasteiger partial charge in [0.05, 0.1) is 21.3 Å². The van der Waals surface area contributed by atoms with E-state index >= 15 is 0 Å². The molecule has 1 saturated heterocycles. The van der Waals surface area contributed by atoms with E-state index in [1.54, 1.807) is 12.1 Å². The fraction of sp³-hybridized carbons (Fsp3) is 0.0833. The lowest BCUT2D eigenvalue weighted by Crippen LogP contribution is -2.27. The van der Waals surface area contributed by atoms with Gasteiger partial charge in [0, 0.05) is 15.4 Å². The van der Waals surface area contributed by atoms with Crippen molar-refractivity contribution >= 4 is 62.4 Å². The Kier molecular flexibility index (Phi) is 7.02. The molecule has 3 aromatic rings. The summed E-state index contributed by atoms with van der Waals surface area (Å²) < 4.78 is 0.810. The molecule has 1 aliphatic rings. The third kappa shape index (κ3) is 5.38. The van der Waals surface area contributed by atoms with Gasteiger partial charge in [-0.05, 0) is 60.2 Å². The van der Waals surface area contributed by atoms with Crippen LogP contribution in [0.2, 0.25) is 0 Å². The van der Waals surface area contributed by atoms with Crippen LogP contribution in [-0.2, 0) is 11.3 Å². The van der Waals surface area contributed by atoms with Crippen molar-refractivity contribution in [1.82, 2.24) is 4.90 Å². The van der Waals surface area contributed by atoms with Crippen LogP contribution >= 0.6 is 39.5 Å². The number of nitro groups is 1. The van der Waals surface area contributed by atoms with Crippen LogP contribution in [0.25, 0.3) is 6.08 Å². The van der Waals surface area contributed by atoms with E-state index < -0.39 is 10.8 Å². The molecule has 0 radical (unpaired) electrons. The summed E-state index contributed by atoms with van der Waals surface area (Å²) in [6.07, 6.45) is 1.53. The van der Waals surface area contributed by atoms with Gasteiger partial charge in [0.25, 0.3) is 16.8 Å². The van der Waals surface area contributed by atoms with Crippen LogP contribution in [0.4, 0.5) is 10.5 Å². The van der Waals surface area contributed by atoms with Crippen molar-refractivity contribution in [3.63, 3.8) is 0 Å². The van der Waals surface area contributed by atoms with Crippen molar-refractivity contribution in [2.75, 3.05) is 0 Å². The number of nitro benzene ring substituents is 1. The molecule has 3 aromatic carbocycles. The maximum absolute atomic E-state index is 12.9. The molecule has 0 unspecified atom stereocenters. The van der Waals surface area contributed by atoms with Gasteiger partial charge in [-0.3, -0.25) is 24.6 Å². The van der Waals surface area contributed by atoms with Crippen LogP contribution < -0.4 is 0 Å². The number of amides is 2. The maximum atomic E-state index is 12.9. The zero-order chi connectivity index (χ0) is 23.5. The molecule has 6 nitrogen and oxygen atoms in total. The van der Waals surface area contributed by atoms with E-state index in [4.69, 9.17) is 0 Å². The lowest BCUT2D eigenvalue weighted by molar-refractivity contribution is -0.387. The molecular weight excluding hydrogens is 524 g/mol. The number of hydrogen-bond acceptors (Lipinski definition) is 6. The number of carbonyl (C=O) groups excluding carboxylic acids is 2. The van der Waals surface area contributed by atoms with E-state index in [2.05, 4.69) is 15.9 Å². The van der Waals surface area contributed by atoms with Crippen LogP contribution in [0.3, 0.4) is 0 Å². The minimum absolute atomic E-state index is 0.0539. The zero-order valence-corrected chi connectivity index (χ0v) is 20.6. The highest BCUT2D eigenvalue weighted by atomic mass is 79.9. The molecule has 0 bridgehead atoms. The predicted molar refractivity (Wildman–Crippen MR) is 134 cm³/mol. The summed E-state index contributed by atoms with van der Waals surface area (Å²) in [5, 5.41) is 11.3. The highest BCUT2D eigenvalue weighted by Crippen LogP contribution is 2.38. The number of imide groups is 1. The van der Waals surface area contributed by atoms with Crippen molar-refractivity contribution in [2.24, 2.45) is 0 Å². The lowest BCUT2D eigenvalue weighted by atomic mass is 10.1. The minimum Gasteiger partial charge on any atom is -0.268 e. The molecule has 0 N–H and O–H groups in total. The zero-order valence-electron chi connectivity index (χ0n) is 17.4. The van der Waals surface area contributed by atoms with Crippen LogP contribution in [-0.4, -0.2) is 21.0 Å². The Labute approximate surface area is 207 Å². The van der Waals surface area contributed by atoms with Crippen molar-refractivity contribution in [3.8, 4) is 0 Å². The molecule has 166 valence electrons. The fourth-order valence-electron chi connectivity index (χ4n) is 3.17. The first-order valence-corrected chi connectivity index (χ1v) is 12.3. The Morgan fingerprint density at radius 2 is 1.82 bits per heavy atom. The summed E-state index contributed by atoms with van der Waals surface area (Å²) in [5.41, 5.74) is 2.36. The molecule has 0 aromatic heterocycles. The molecule has 9 heteroatoms. The molecule has 33 heavy (non-hydrogen) atoms. The van der Waals surface area contributed by atoms with Crippen LogP contribution in [0.15, 0.2) is 85.9 Å². The largest absolute Gasteiger partial charge is 0.293 e. The number of benzene rings is 3. The number of rotatable bonds is 6. The van der Waals surface area contributed by atoms with Gasteiger partial charge in [-0.1, -0.05) is 69.7 Å². The monoisotopic (exact) mass is 540 g/mol. The summed E-state index contributed by atoms with van der Waals surface area (Å²) in [6.45, 7) is 2.13. The Morgan fingerprint density at radius 1 is 1.09 bits per heavy atom. The van der Waals surface area contributed by atoms with Gasteiger partial charge < -0.3 is 0 Å². The third-order valence-corrected chi connectivity index (χ3v) is 7.64. The molecule has 2 amide bonds. The molecule has 1 aliphatic heterocycles. The first-order chi connectivity index (χ1) is 15.8. The predicted octanol–water partition coefficient (Wildman–Crippen LogP) is 7.05. The summed E-state index contributed by atoms with van der Waals surface area (Å²) in [7, 11) is 0. The highest BCUT2D eigenvalue weighted by molar-refractivity contribution is 9.10. The molecule has 1 heterocycles. The van der Waals surface area contributed by atoms with Crippen molar-refractivity contribution in [3.05, 3.63) is 103 Å². The van der Waals surface area contributed by atoms with E-state index in [1.807, 2.05) is 55.5 Å². The second-order valence-corrected chi connectivity index (χ2v) is 10.2. The lowest BCUT2D eigenvalue weighted by Gasteiger charge is -2.13. The Hall–Kier alpha value is -2.88. The quantitative estimate of drug-likeness (QED) is 0.189. The van der Waals surface area contributed by atoms with E-state index in [0.29, 0.717) is 10.5 Å². The number of nitrogens with zero attached hydrogens (tertiary/aromatic N) is 2. The van der Waals surface area contributed by atoms with E-state index in [-0.39, 0.29) is 22.4 Å². The second kappa shape index (κ2) is 9.94. The van der Waals surface area contributed by atoms with Gasteiger partial charge in [0.1, 0.15) is 0 Å². The van der Waals surface area contributed by atoms with Crippen LogP contribution in [0.1, 0.15) is 16.7 Å². The van der Waals surface area contributed by atoms with Gasteiger partial charge in [0.15, 0.2) is 0 Å². The van der Waals surface area contributed by atoms with Crippen LogP contribution in [0, 0.1) is 17.0 Å². The molecular formula is C24H17BrN2O4S2. The van der Waals surface area contributed by atoms with E-state index in [1.165, 1.54) is 28.8 Å². The second-order valence-electron chi connectivity index (χ2n) is 7.26. The van der Waals surface area contributed by atoms with Gasteiger partial charge in [0.2, 0.25) is 0 Å². The first kappa shape index (κ1) is 23.3. The first-order valence-electron chi connectivity index (χ1n) is 9.83. The molecule has 1 fully saturated rings. The fourth-order valence-corrected chi connectivity index (χ4v) is 5.32. The third-order valence-electron chi connectivity index (χ3n) is 4.89. The van der Waals surface area contributed by atoms with Crippen molar-refractivity contribution < 1.29 is 14.5 Å². The molecule has 4 rings (SSSR count). The minimum atomic E-state index is -0.438. The molecule has 0 atom stereocenters. The highest BCUT2D eigenvalue weighted by Gasteiger charge is 2.35. The number of aryl methyl sites for hydroxylation is 1. The Balaban J connectivity index is 1.58. The molecule has 0 spiro atoms. The molecule has 0 aliphatic carbocycles. The Bertz CT molecular complexity index is 1290. The molecule has 0 saturated carbocycles.